The molecule has 2 atom stereocenters. The summed E-state index contributed by atoms with van der Waals surface area (Å²) in [6.45, 7) is 3.87. The fraction of sp³-hybridized carbons (Fsp3) is 0.643. The fourth-order valence-corrected chi connectivity index (χ4v) is 2.75. The first-order valence-electron chi connectivity index (χ1n) is 7.01. The van der Waals surface area contributed by atoms with Gasteiger partial charge in [-0.1, -0.05) is 30.1 Å². The summed E-state index contributed by atoms with van der Waals surface area (Å²) >= 11 is 11.7. The van der Waals surface area contributed by atoms with E-state index in [1.807, 2.05) is 0 Å². The molecule has 0 N–H and O–H groups in total. The largest absolute Gasteiger partial charge is 0.355 e. The van der Waals surface area contributed by atoms with E-state index in [0.717, 1.165) is 25.3 Å². The fourth-order valence-electron chi connectivity index (χ4n) is 2.53. The van der Waals surface area contributed by atoms with Crippen LogP contribution in [0.1, 0.15) is 19.8 Å². The average Bonchev–Trinajstić information content (AvgIpc) is 2.44. The van der Waals surface area contributed by atoms with Crippen LogP contribution in [0.5, 0.6) is 0 Å². The predicted octanol–water partition coefficient (Wildman–Crippen LogP) is 2.72. The van der Waals surface area contributed by atoms with E-state index in [4.69, 9.17) is 23.2 Å². The molecule has 1 aromatic heterocycles. The van der Waals surface area contributed by atoms with Crippen molar-refractivity contribution in [1.29, 1.82) is 0 Å². The maximum Gasteiger partial charge on any atom is 0.222 e. The summed E-state index contributed by atoms with van der Waals surface area (Å²) in [7, 11) is 3.58. The molecule has 5 nitrogen and oxygen atoms in total. The minimum absolute atomic E-state index is 0.161. The molecule has 0 radical (unpaired) electrons. The van der Waals surface area contributed by atoms with Crippen molar-refractivity contribution in [3.05, 3.63) is 16.5 Å². The summed E-state index contributed by atoms with van der Waals surface area (Å²) in [6.07, 6.45) is 3.21. The van der Waals surface area contributed by atoms with Crippen molar-refractivity contribution < 1.29 is 4.79 Å². The van der Waals surface area contributed by atoms with E-state index in [-0.39, 0.29) is 16.2 Å². The summed E-state index contributed by atoms with van der Waals surface area (Å²) in [5.41, 5.74) is 0. The molecule has 1 fully saturated rings. The molecule has 21 heavy (non-hydrogen) atoms. The van der Waals surface area contributed by atoms with E-state index < -0.39 is 0 Å². The van der Waals surface area contributed by atoms with Crippen LogP contribution in [0.4, 0.5) is 5.82 Å². The second kappa shape index (κ2) is 6.79. The van der Waals surface area contributed by atoms with Gasteiger partial charge < -0.3 is 9.80 Å². The third kappa shape index (κ3) is 3.98. The lowest BCUT2D eigenvalue weighted by Gasteiger charge is -2.37. The number of hydrogen-bond donors (Lipinski definition) is 0. The highest BCUT2D eigenvalue weighted by Gasteiger charge is 2.29. The lowest BCUT2D eigenvalue weighted by Crippen LogP contribution is -2.42. The van der Waals surface area contributed by atoms with E-state index in [0.29, 0.717) is 18.3 Å². The van der Waals surface area contributed by atoms with Gasteiger partial charge in [-0.05, 0) is 18.3 Å². The second-order valence-corrected chi connectivity index (χ2v) is 6.49. The molecule has 0 aliphatic carbocycles. The molecule has 1 aliphatic rings. The zero-order valence-corrected chi connectivity index (χ0v) is 14.0. The number of carbonyl (C=O) groups is 1. The minimum Gasteiger partial charge on any atom is -0.355 e. The van der Waals surface area contributed by atoms with E-state index in [1.54, 1.807) is 25.2 Å². The SMILES string of the molecule is C[C@@H]1CCN(c2cnc(Cl)c(Cl)n2)C[C@@H]1CC(=O)N(C)C. The van der Waals surface area contributed by atoms with E-state index in [9.17, 15) is 4.79 Å². The van der Waals surface area contributed by atoms with Gasteiger partial charge in [0.15, 0.2) is 10.3 Å². The Morgan fingerprint density at radius 3 is 2.76 bits per heavy atom. The number of halogens is 2. The first-order valence-corrected chi connectivity index (χ1v) is 7.77. The van der Waals surface area contributed by atoms with Gasteiger partial charge in [0.2, 0.25) is 5.91 Å². The third-order valence-corrected chi connectivity index (χ3v) is 4.69. The number of rotatable bonds is 3. The van der Waals surface area contributed by atoms with Gasteiger partial charge in [0.25, 0.3) is 0 Å². The first kappa shape index (κ1) is 16.3. The summed E-state index contributed by atoms with van der Waals surface area (Å²) < 4.78 is 0. The third-order valence-electron chi connectivity index (χ3n) is 4.05. The highest BCUT2D eigenvalue weighted by molar-refractivity contribution is 6.40. The van der Waals surface area contributed by atoms with E-state index in [2.05, 4.69) is 21.8 Å². The number of hydrogen-bond acceptors (Lipinski definition) is 4. The topological polar surface area (TPSA) is 49.3 Å². The predicted molar refractivity (Wildman–Crippen MR) is 84.8 cm³/mol. The normalized spacial score (nSPS) is 22.2. The van der Waals surface area contributed by atoms with Crippen LogP contribution in [-0.2, 0) is 4.79 Å². The highest BCUT2D eigenvalue weighted by Crippen LogP contribution is 2.30. The summed E-state index contributed by atoms with van der Waals surface area (Å²) in [4.78, 5) is 24.0. The molecule has 0 saturated carbocycles. The van der Waals surface area contributed by atoms with Crippen molar-refractivity contribution in [2.45, 2.75) is 19.8 Å². The number of piperidine rings is 1. The molecule has 1 saturated heterocycles. The molecule has 1 aromatic rings. The number of carbonyl (C=O) groups excluding carboxylic acids is 1. The molecular formula is C14H20Cl2N4O. The van der Waals surface area contributed by atoms with Gasteiger partial charge in [0.1, 0.15) is 5.82 Å². The second-order valence-electron chi connectivity index (χ2n) is 5.77. The van der Waals surface area contributed by atoms with Crippen molar-refractivity contribution in [2.24, 2.45) is 11.8 Å². The molecular weight excluding hydrogens is 311 g/mol. The van der Waals surface area contributed by atoms with Crippen LogP contribution in [0, 0.1) is 11.8 Å². The molecule has 7 heteroatoms. The Kier molecular flexibility index (Phi) is 5.27. The van der Waals surface area contributed by atoms with Gasteiger partial charge >= 0.3 is 0 Å². The van der Waals surface area contributed by atoms with Crippen molar-refractivity contribution in [2.75, 3.05) is 32.1 Å². The van der Waals surface area contributed by atoms with Crippen molar-refractivity contribution >= 4 is 34.9 Å². The van der Waals surface area contributed by atoms with Crippen LogP contribution in [0.25, 0.3) is 0 Å². The molecule has 0 aromatic carbocycles. The highest BCUT2D eigenvalue weighted by atomic mass is 35.5. The summed E-state index contributed by atoms with van der Waals surface area (Å²) in [5, 5.41) is 0.429. The monoisotopic (exact) mass is 330 g/mol. The number of aromatic nitrogens is 2. The van der Waals surface area contributed by atoms with Crippen LogP contribution >= 0.6 is 23.2 Å². The van der Waals surface area contributed by atoms with Gasteiger partial charge in [0, 0.05) is 33.6 Å². The Bertz CT molecular complexity index is 524. The lowest BCUT2D eigenvalue weighted by atomic mass is 9.84. The van der Waals surface area contributed by atoms with Gasteiger partial charge in [-0.25, -0.2) is 9.97 Å². The van der Waals surface area contributed by atoms with Crippen molar-refractivity contribution in [1.82, 2.24) is 14.9 Å². The maximum absolute atomic E-state index is 11.9. The molecule has 2 heterocycles. The Morgan fingerprint density at radius 1 is 1.43 bits per heavy atom. The minimum atomic E-state index is 0.161. The summed E-state index contributed by atoms with van der Waals surface area (Å²) in [5.74, 6) is 1.71. The van der Waals surface area contributed by atoms with Gasteiger partial charge in [0.05, 0.1) is 6.20 Å². The number of nitrogens with zero attached hydrogens (tertiary/aromatic N) is 4. The molecule has 2 rings (SSSR count). The first-order chi connectivity index (χ1) is 9.88. The van der Waals surface area contributed by atoms with E-state index >= 15 is 0 Å². The molecule has 0 bridgehead atoms. The zero-order chi connectivity index (χ0) is 15.6. The Morgan fingerprint density at radius 2 is 2.14 bits per heavy atom. The van der Waals surface area contributed by atoms with Crippen molar-refractivity contribution in [3.63, 3.8) is 0 Å². The van der Waals surface area contributed by atoms with Gasteiger partial charge in [-0.3, -0.25) is 4.79 Å². The molecule has 1 aliphatic heterocycles. The van der Waals surface area contributed by atoms with Gasteiger partial charge in [-0.2, -0.15) is 0 Å². The molecule has 1 amide bonds. The smallest absolute Gasteiger partial charge is 0.222 e. The number of amides is 1. The van der Waals surface area contributed by atoms with Gasteiger partial charge in [-0.15, -0.1) is 0 Å². The Hall–Kier alpha value is -1.07. The van der Waals surface area contributed by atoms with Crippen LogP contribution in [0.15, 0.2) is 6.20 Å². The van der Waals surface area contributed by atoms with Crippen LogP contribution in [0.2, 0.25) is 10.3 Å². The number of anilines is 1. The van der Waals surface area contributed by atoms with Crippen LogP contribution in [0.3, 0.4) is 0 Å². The molecule has 0 spiro atoms. The summed E-state index contributed by atoms with van der Waals surface area (Å²) in [6, 6.07) is 0. The average molecular weight is 331 g/mol. The molecule has 0 unspecified atom stereocenters. The van der Waals surface area contributed by atoms with E-state index in [1.165, 1.54) is 0 Å². The zero-order valence-electron chi connectivity index (χ0n) is 12.5. The van der Waals surface area contributed by atoms with Crippen LogP contribution in [-0.4, -0.2) is 48.0 Å². The Labute approximate surface area is 135 Å². The molecule has 116 valence electrons. The van der Waals surface area contributed by atoms with Crippen LogP contribution < -0.4 is 4.90 Å². The maximum atomic E-state index is 11.9. The standard InChI is InChI=1S/C14H20Cl2N4O/c1-9-4-5-20(8-10(9)6-12(21)19(2)3)11-7-17-13(15)14(16)18-11/h7,9-10H,4-6,8H2,1-3H3/t9-,10+/m1/s1. The quantitative estimate of drug-likeness (QED) is 0.855. The lowest BCUT2D eigenvalue weighted by molar-refractivity contribution is -0.130. The van der Waals surface area contributed by atoms with Crippen molar-refractivity contribution in [3.8, 4) is 0 Å². The Balaban J connectivity index is 2.09.